The number of phenols is 1. The number of halogens is 3. The number of carboxylic acids is 1. The molecule has 3 nitrogen and oxygen atoms in total. The third kappa shape index (κ3) is 2.74. The van der Waals surface area contributed by atoms with Crippen LogP contribution in [0.1, 0.15) is 15.9 Å². The summed E-state index contributed by atoms with van der Waals surface area (Å²) in [4.78, 5) is 10.9. The molecule has 0 aliphatic heterocycles. The summed E-state index contributed by atoms with van der Waals surface area (Å²) in [7, 11) is 0. The Bertz CT molecular complexity index is 663. The zero-order valence-electron chi connectivity index (χ0n) is 9.98. The molecule has 0 bridgehead atoms. The van der Waals surface area contributed by atoms with Gasteiger partial charge in [0, 0.05) is 5.56 Å². The van der Waals surface area contributed by atoms with E-state index in [0.717, 1.165) is 24.3 Å². The van der Waals surface area contributed by atoms with Crippen molar-refractivity contribution >= 4 is 5.97 Å². The number of hydrogen-bond donors (Lipinski definition) is 2. The quantitative estimate of drug-likeness (QED) is 0.881. The molecule has 0 heterocycles. The van der Waals surface area contributed by atoms with Crippen LogP contribution in [0, 0.1) is 0 Å². The van der Waals surface area contributed by atoms with Crippen LogP contribution in [-0.2, 0) is 6.18 Å². The molecule has 0 aliphatic carbocycles. The first kappa shape index (κ1) is 13.9. The number of rotatable bonds is 2. The van der Waals surface area contributed by atoms with Gasteiger partial charge in [0.2, 0.25) is 0 Å². The number of aromatic carboxylic acids is 1. The Morgan fingerprint density at radius 1 is 1.05 bits per heavy atom. The zero-order valence-corrected chi connectivity index (χ0v) is 9.98. The van der Waals surface area contributed by atoms with Crippen LogP contribution >= 0.6 is 0 Å². The number of benzene rings is 2. The predicted octanol–water partition coefficient (Wildman–Crippen LogP) is 3.78. The molecule has 2 N–H and O–H groups in total. The standard InChI is InChI=1S/C14H9F3O3/c15-14(16,17)10-3-1-2-8(6-10)11-7-9(13(19)20)4-5-12(11)18/h1-7,18H,(H,19,20). The third-order valence-electron chi connectivity index (χ3n) is 2.74. The summed E-state index contributed by atoms with van der Waals surface area (Å²) in [6.45, 7) is 0. The van der Waals surface area contributed by atoms with E-state index in [4.69, 9.17) is 5.11 Å². The fourth-order valence-corrected chi connectivity index (χ4v) is 1.76. The van der Waals surface area contributed by atoms with Gasteiger partial charge in [0.25, 0.3) is 0 Å². The first-order valence-corrected chi connectivity index (χ1v) is 5.53. The smallest absolute Gasteiger partial charge is 0.416 e. The molecular weight excluding hydrogens is 273 g/mol. The Labute approximate surface area is 111 Å². The van der Waals surface area contributed by atoms with Gasteiger partial charge >= 0.3 is 12.1 Å². The van der Waals surface area contributed by atoms with E-state index in [-0.39, 0.29) is 22.4 Å². The Morgan fingerprint density at radius 3 is 2.35 bits per heavy atom. The molecule has 0 aliphatic rings. The van der Waals surface area contributed by atoms with Gasteiger partial charge in [-0.3, -0.25) is 0 Å². The zero-order chi connectivity index (χ0) is 14.9. The molecule has 0 saturated heterocycles. The largest absolute Gasteiger partial charge is 0.507 e. The lowest BCUT2D eigenvalue weighted by atomic mass is 10.00. The molecule has 104 valence electrons. The molecule has 0 amide bonds. The molecule has 2 aromatic rings. The maximum absolute atomic E-state index is 12.6. The van der Waals surface area contributed by atoms with Crippen molar-refractivity contribution in [3.05, 3.63) is 53.6 Å². The van der Waals surface area contributed by atoms with Crippen LogP contribution in [-0.4, -0.2) is 16.2 Å². The van der Waals surface area contributed by atoms with E-state index in [0.29, 0.717) is 0 Å². The lowest BCUT2D eigenvalue weighted by Gasteiger charge is -2.10. The van der Waals surface area contributed by atoms with Gasteiger partial charge in [0.1, 0.15) is 5.75 Å². The third-order valence-corrected chi connectivity index (χ3v) is 2.74. The summed E-state index contributed by atoms with van der Waals surface area (Å²) >= 11 is 0. The van der Waals surface area contributed by atoms with E-state index < -0.39 is 17.7 Å². The second-order valence-corrected chi connectivity index (χ2v) is 4.12. The molecule has 0 spiro atoms. The topological polar surface area (TPSA) is 57.5 Å². The average molecular weight is 282 g/mol. The molecular formula is C14H9F3O3. The number of alkyl halides is 3. The Kier molecular flexibility index (Phi) is 3.40. The molecule has 2 rings (SSSR count). The first-order valence-electron chi connectivity index (χ1n) is 5.53. The summed E-state index contributed by atoms with van der Waals surface area (Å²) in [6, 6.07) is 7.78. The van der Waals surface area contributed by atoms with E-state index in [1.165, 1.54) is 18.2 Å². The van der Waals surface area contributed by atoms with Crippen molar-refractivity contribution in [2.75, 3.05) is 0 Å². The van der Waals surface area contributed by atoms with Crippen molar-refractivity contribution in [1.82, 2.24) is 0 Å². The second kappa shape index (κ2) is 4.88. The Hall–Kier alpha value is -2.50. The molecule has 20 heavy (non-hydrogen) atoms. The Balaban J connectivity index is 2.57. The summed E-state index contributed by atoms with van der Waals surface area (Å²) in [6.07, 6.45) is -4.50. The van der Waals surface area contributed by atoms with Gasteiger partial charge in [0.05, 0.1) is 11.1 Å². The fourth-order valence-electron chi connectivity index (χ4n) is 1.76. The molecule has 2 aromatic carbocycles. The van der Waals surface area contributed by atoms with E-state index in [1.807, 2.05) is 0 Å². The molecule has 0 atom stereocenters. The highest BCUT2D eigenvalue weighted by Crippen LogP contribution is 2.35. The van der Waals surface area contributed by atoms with Gasteiger partial charge in [-0.1, -0.05) is 12.1 Å². The van der Waals surface area contributed by atoms with Gasteiger partial charge in [-0.05, 0) is 35.9 Å². The summed E-state index contributed by atoms with van der Waals surface area (Å²) in [5, 5.41) is 18.6. The predicted molar refractivity (Wildman–Crippen MR) is 65.5 cm³/mol. The van der Waals surface area contributed by atoms with Gasteiger partial charge in [-0.25, -0.2) is 4.79 Å². The van der Waals surface area contributed by atoms with Gasteiger partial charge in [0.15, 0.2) is 0 Å². The van der Waals surface area contributed by atoms with Crippen LogP contribution in [0.2, 0.25) is 0 Å². The van der Waals surface area contributed by atoms with Crippen LogP contribution in [0.3, 0.4) is 0 Å². The molecule has 0 fully saturated rings. The van der Waals surface area contributed by atoms with Gasteiger partial charge < -0.3 is 10.2 Å². The maximum atomic E-state index is 12.6. The highest BCUT2D eigenvalue weighted by Gasteiger charge is 2.30. The van der Waals surface area contributed by atoms with Crippen LogP contribution < -0.4 is 0 Å². The summed E-state index contributed by atoms with van der Waals surface area (Å²) in [5.74, 6) is -1.51. The molecule has 0 saturated carbocycles. The summed E-state index contributed by atoms with van der Waals surface area (Å²) in [5.41, 5.74) is -0.846. The maximum Gasteiger partial charge on any atom is 0.416 e. The number of carboxylic acid groups (broad SMARTS) is 1. The number of phenolic OH excluding ortho intramolecular Hbond substituents is 1. The van der Waals surface area contributed by atoms with Crippen molar-refractivity contribution in [3.8, 4) is 16.9 Å². The van der Waals surface area contributed by atoms with E-state index in [1.54, 1.807) is 0 Å². The van der Waals surface area contributed by atoms with Crippen molar-refractivity contribution in [2.24, 2.45) is 0 Å². The molecule has 0 radical (unpaired) electrons. The van der Waals surface area contributed by atoms with Crippen molar-refractivity contribution in [1.29, 1.82) is 0 Å². The lowest BCUT2D eigenvalue weighted by Crippen LogP contribution is -2.04. The second-order valence-electron chi connectivity index (χ2n) is 4.12. The number of carbonyl (C=O) groups is 1. The van der Waals surface area contributed by atoms with Crippen LogP contribution in [0.25, 0.3) is 11.1 Å². The number of hydrogen-bond acceptors (Lipinski definition) is 2. The van der Waals surface area contributed by atoms with E-state index in [9.17, 15) is 23.1 Å². The van der Waals surface area contributed by atoms with Crippen LogP contribution in [0.5, 0.6) is 5.75 Å². The lowest BCUT2D eigenvalue weighted by molar-refractivity contribution is -0.137. The fraction of sp³-hybridized carbons (Fsp3) is 0.0714. The van der Waals surface area contributed by atoms with Crippen molar-refractivity contribution in [2.45, 2.75) is 6.18 Å². The van der Waals surface area contributed by atoms with E-state index in [2.05, 4.69) is 0 Å². The Morgan fingerprint density at radius 2 is 1.75 bits per heavy atom. The average Bonchev–Trinajstić information content (AvgIpc) is 2.38. The van der Waals surface area contributed by atoms with E-state index >= 15 is 0 Å². The molecule has 6 heteroatoms. The van der Waals surface area contributed by atoms with Crippen molar-refractivity contribution < 1.29 is 28.2 Å². The number of aromatic hydroxyl groups is 1. The van der Waals surface area contributed by atoms with Gasteiger partial charge in [-0.2, -0.15) is 13.2 Å². The summed E-state index contributed by atoms with van der Waals surface area (Å²) < 4.78 is 37.9. The van der Waals surface area contributed by atoms with Crippen LogP contribution in [0.4, 0.5) is 13.2 Å². The van der Waals surface area contributed by atoms with Gasteiger partial charge in [-0.15, -0.1) is 0 Å². The minimum Gasteiger partial charge on any atom is -0.507 e. The first-order chi connectivity index (χ1) is 9.29. The monoisotopic (exact) mass is 282 g/mol. The van der Waals surface area contributed by atoms with Crippen LogP contribution in [0.15, 0.2) is 42.5 Å². The SMILES string of the molecule is O=C(O)c1ccc(O)c(-c2cccc(C(F)(F)F)c2)c1. The minimum atomic E-state index is -4.50. The highest BCUT2D eigenvalue weighted by molar-refractivity contribution is 5.90. The highest BCUT2D eigenvalue weighted by atomic mass is 19.4. The van der Waals surface area contributed by atoms with Crippen molar-refractivity contribution in [3.63, 3.8) is 0 Å². The molecule has 0 unspecified atom stereocenters. The minimum absolute atomic E-state index is 0.0380. The molecule has 0 aromatic heterocycles. The normalized spacial score (nSPS) is 11.3.